The molecule has 1 unspecified atom stereocenters. The first-order valence-corrected chi connectivity index (χ1v) is 5.23. The highest BCUT2D eigenvalue weighted by Crippen LogP contribution is 2.17. The summed E-state index contributed by atoms with van der Waals surface area (Å²) in [6.07, 6.45) is 3.70. The van der Waals surface area contributed by atoms with E-state index in [2.05, 4.69) is 10.1 Å². The smallest absolute Gasteiger partial charge is 0.101 e. The van der Waals surface area contributed by atoms with Gasteiger partial charge < -0.3 is 5.11 Å². The van der Waals surface area contributed by atoms with Gasteiger partial charge in [0.05, 0.1) is 17.4 Å². The van der Waals surface area contributed by atoms with Crippen molar-refractivity contribution in [3.8, 4) is 0 Å². The van der Waals surface area contributed by atoms with Gasteiger partial charge >= 0.3 is 0 Å². The molecule has 1 atom stereocenters. The zero-order valence-electron chi connectivity index (χ0n) is 7.79. The molecule has 2 heterocycles. The molecule has 5 heteroatoms. The standard InChI is InChI=1S/C9H11N3OS/c1-12-4-7(3-11-12)2-9(13)8-5-14-6-10-8/h3-6,9,13H,2H2,1H3. The Kier molecular flexibility index (Phi) is 2.60. The minimum atomic E-state index is -0.523. The van der Waals surface area contributed by atoms with Crippen LogP contribution in [0.15, 0.2) is 23.3 Å². The molecule has 0 fully saturated rings. The van der Waals surface area contributed by atoms with Crippen molar-refractivity contribution in [3.05, 3.63) is 34.5 Å². The van der Waals surface area contributed by atoms with Gasteiger partial charge in [-0.15, -0.1) is 11.3 Å². The number of aryl methyl sites for hydroxylation is 1. The third-order valence-electron chi connectivity index (χ3n) is 1.98. The lowest BCUT2D eigenvalue weighted by Gasteiger charge is -2.04. The van der Waals surface area contributed by atoms with Crippen LogP contribution >= 0.6 is 11.3 Å². The van der Waals surface area contributed by atoms with Crippen molar-refractivity contribution >= 4 is 11.3 Å². The van der Waals surface area contributed by atoms with Gasteiger partial charge in [0.2, 0.25) is 0 Å². The number of hydrogen-bond donors (Lipinski definition) is 1. The van der Waals surface area contributed by atoms with E-state index >= 15 is 0 Å². The predicted octanol–water partition coefficient (Wildman–Crippen LogP) is 1.15. The van der Waals surface area contributed by atoms with Gasteiger partial charge in [-0.05, 0) is 5.56 Å². The van der Waals surface area contributed by atoms with Gasteiger partial charge in [-0.2, -0.15) is 5.10 Å². The first-order valence-electron chi connectivity index (χ1n) is 4.29. The quantitative estimate of drug-likeness (QED) is 0.825. The number of hydrogen-bond acceptors (Lipinski definition) is 4. The molecule has 1 N–H and O–H groups in total. The van der Waals surface area contributed by atoms with Crippen LogP contribution in [0.4, 0.5) is 0 Å². The van der Waals surface area contributed by atoms with Gasteiger partial charge in [0.25, 0.3) is 0 Å². The molecule has 0 amide bonds. The van der Waals surface area contributed by atoms with Crippen LogP contribution in [-0.2, 0) is 13.5 Å². The van der Waals surface area contributed by atoms with Gasteiger partial charge in [0.15, 0.2) is 0 Å². The molecule has 2 rings (SSSR count). The van der Waals surface area contributed by atoms with Gasteiger partial charge in [-0.1, -0.05) is 0 Å². The number of aromatic nitrogens is 3. The second-order valence-electron chi connectivity index (χ2n) is 3.16. The van der Waals surface area contributed by atoms with Crippen LogP contribution < -0.4 is 0 Å². The van der Waals surface area contributed by atoms with E-state index in [0.717, 1.165) is 11.3 Å². The maximum Gasteiger partial charge on any atom is 0.101 e. The van der Waals surface area contributed by atoms with Crippen LogP contribution in [0.3, 0.4) is 0 Å². The zero-order chi connectivity index (χ0) is 9.97. The minimum absolute atomic E-state index is 0.523. The summed E-state index contributed by atoms with van der Waals surface area (Å²) in [7, 11) is 1.86. The molecule has 0 aliphatic carbocycles. The van der Waals surface area contributed by atoms with E-state index in [4.69, 9.17) is 0 Å². The highest BCUT2D eigenvalue weighted by atomic mass is 32.1. The summed E-state index contributed by atoms with van der Waals surface area (Å²) in [6, 6.07) is 0. The van der Waals surface area contributed by atoms with E-state index in [9.17, 15) is 5.11 Å². The molecular weight excluding hydrogens is 198 g/mol. The molecule has 0 saturated carbocycles. The van der Waals surface area contributed by atoms with Gasteiger partial charge in [0.1, 0.15) is 6.10 Å². The van der Waals surface area contributed by atoms with Crippen molar-refractivity contribution in [2.75, 3.05) is 0 Å². The van der Waals surface area contributed by atoms with Crippen LogP contribution in [-0.4, -0.2) is 19.9 Å². The number of rotatable bonds is 3. The monoisotopic (exact) mass is 209 g/mol. The Balaban J connectivity index is 2.05. The SMILES string of the molecule is Cn1cc(CC(O)c2cscn2)cn1. The topological polar surface area (TPSA) is 50.9 Å². The molecule has 0 spiro atoms. The van der Waals surface area contributed by atoms with Crippen molar-refractivity contribution in [1.29, 1.82) is 0 Å². The number of aliphatic hydroxyl groups excluding tert-OH is 1. The Morgan fingerprint density at radius 1 is 1.64 bits per heavy atom. The molecule has 74 valence electrons. The molecule has 0 bridgehead atoms. The summed E-state index contributed by atoms with van der Waals surface area (Å²) in [5, 5.41) is 15.7. The van der Waals surface area contributed by atoms with Crippen molar-refractivity contribution in [2.45, 2.75) is 12.5 Å². The summed E-state index contributed by atoms with van der Waals surface area (Å²) in [5.74, 6) is 0. The summed E-state index contributed by atoms with van der Waals surface area (Å²) in [4.78, 5) is 4.06. The fourth-order valence-corrected chi connectivity index (χ4v) is 1.89. The van der Waals surface area contributed by atoms with E-state index in [0.29, 0.717) is 6.42 Å². The zero-order valence-corrected chi connectivity index (χ0v) is 8.61. The largest absolute Gasteiger partial charge is 0.386 e. The normalized spacial score (nSPS) is 13.0. The Labute approximate surface area is 85.8 Å². The Morgan fingerprint density at radius 3 is 3.07 bits per heavy atom. The summed E-state index contributed by atoms with van der Waals surface area (Å²) in [6.45, 7) is 0. The van der Waals surface area contributed by atoms with E-state index < -0.39 is 6.10 Å². The van der Waals surface area contributed by atoms with E-state index in [-0.39, 0.29) is 0 Å². The van der Waals surface area contributed by atoms with Crippen molar-refractivity contribution in [2.24, 2.45) is 7.05 Å². The highest BCUT2D eigenvalue weighted by molar-refractivity contribution is 7.07. The van der Waals surface area contributed by atoms with Crippen molar-refractivity contribution in [3.63, 3.8) is 0 Å². The molecular formula is C9H11N3OS. The van der Waals surface area contributed by atoms with Crippen LogP contribution in [0.1, 0.15) is 17.4 Å². The highest BCUT2D eigenvalue weighted by Gasteiger charge is 2.11. The van der Waals surface area contributed by atoms with E-state index in [1.54, 1.807) is 16.4 Å². The molecule has 2 aromatic rings. The number of aliphatic hydroxyl groups is 1. The third-order valence-corrected chi connectivity index (χ3v) is 2.58. The molecule has 0 aliphatic heterocycles. The second-order valence-corrected chi connectivity index (χ2v) is 3.87. The lowest BCUT2D eigenvalue weighted by atomic mass is 10.1. The second kappa shape index (κ2) is 3.89. The van der Waals surface area contributed by atoms with E-state index in [1.165, 1.54) is 11.3 Å². The van der Waals surface area contributed by atoms with Crippen LogP contribution in [0.25, 0.3) is 0 Å². The molecule has 4 nitrogen and oxygen atoms in total. The van der Waals surface area contributed by atoms with Crippen molar-refractivity contribution in [1.82, 2.24) is 14.8 Å². The van der Waals surface area contributed by atoms with Crippen LogP contribution in [0, 0.1) is 0 Å². The first-order chi connectivity index (χ1) is 6.75. The number of nitrogens with zero attached hydrogens (tertiary/aromatic N) is 3. The lowest BCUT2D eigenvalue weighted by molar-refractivity contribution is 0.174. The van der Waals surface area contributed by atoms with E-state index in [1.807, 2.05) is 18.6 Å². The Hall–Kier alpha value is -1.20. The molecule has 0 aliphatic rings. The molecule has 0 radical (unpaired) electrons. The average Bonchev–Trinajstić information content (AvgIpc) is 2.75. The first kappa shape index (κ1) is 9.36. The summed E-state index contributed by atoms with van der Waals surface area (Å²) >= 11 is 1.49. The fraction of sp³-hybridized carbons (Fsp3) is 0.333. The van der Waals surface area contributed by atoms with Crippen LogP contribution in [0.2, 0.25) is 0 Å². The predicted molar refractivity (Wildman–Crippen MR) is 54.0 cm³/mol. The molecule has 0 aromatic carbocycles. The molecule has 14 heavy (non-hydrogen) atoms. The maximum atomic E-state index is 9.78. The van der Waals surface area contributed by atoms with Crippen molar-refractivity contribution < 1.29 is 5.11 Å². The Morgan fingerprint density at radius 2 is 2.50 bits per heavy atom. The van der Waals surface area contributed by atoms with Gasteiger partial charge in [0, 0.05) is 25.0 Å². The third kappa shape index (κ3) is 2.00. The average molecular weight is 209 g/mol. The summed E-state index contributed by atoms with van der Waals surface area (Å²) < 4.78 is 1.73. The maximum absolute atomic E-state index is 9.78. The minimum Gasteiger partial charge on any atom is -0.386 e. The van der Waals surface area contributed by atoms with Crippen LogP contribution in [0.5, 0.6) is 0 Å². The molecule has 2 aromatic heterocycles. The number of thiazole rings is 1. The lowest BCUT2D eigenvalue weighted by Crippen LogP contribution is -2.01. The fourth-order valence-electron chi connectivity index (χ4n) is 1.29. The molecule has 0 saturated heterocycles. The van der Waals surface area contributed by atoms with Gasteiger partial charge in [-0.25, -0.2) is 4.98 Å². The Bertz CT molecular complexity index is 396. The summed E-state index contributed by atoms with van der Waals surface area (Å²) in [5.41, 5.74) is 3.48. The van der Waals surface area contributed by atoms with Gasteiger partial charge in [-0.3, -0.25) is 4.68 Å².